The summed E-state index contributed by atoms with van der Waals surface area (Å²) in [4.78, 5) is 18.9. The molecule has 21 heavy (non-hydrogen) atoms. The normalized spacial score (nSPS) is 22.4. The van der Waals surface area contributed by atoms with Crippen molar-refractivity contribution in [3.05, 3.63) is 29.3 Å². The van der Waals surface area contributed by atoms with E-state index in [0.717, 1.165) is 29.9 Å². The van der Waals surface area contributed by atoms with Gasteiger partial charge in [0.2, 0.25) is 5.91 Å². The Labute approximate surface area is 129 Å². The van der Waals surface area contributed by atoms with Crippen LogP contribution in [0.4, 0.5) is 0 Å². The summed E-state index contributed by atoms with van der Waals surface area (Å²) in [6, 6.07) is 8.07. The van der Waals surface area contributed by atoms with Crippen LogP contribution in [0.5, 0.6) is 0 Å². The smallest absolute Gasteiger partial charge is 0.239 e. The zero-order valence-corrected chi connectivity index (χ0v) is 13.3. The Hall–Kier alpha value is -1.46. The highest BCUT2D eigenvalue weighted by Crippen LogP contribution is 2.23. The van der Waals surface area contributed by atoms with Crippen LogP contribution in [0, 0.1) is 5.92 Å². The van der Waals surface area contributed by atoms with Gasteiger partial charge in [-0.2, -0.15) is 0 Å². The van der Waals surface area contributed by atoms with E-state index >= 15 is 0 Å². The number of aromatic nitrogens is 1. The Kier molecular flexibility index (Phi) is 4.22. The minimum Gasteiger partial charge on any atom is -0.338 e. The second-order valence-electron chi connectivity index (χ2n) is 5.91. The third-order valence-corrected chi connectivity index (χ3v) is 5.07. The molecule has 1 aromatic carbocycles. The monoisotopic (exact) mass is 303 g/mol. The van der Waals surface area contributed by atoms with E-state index in [2.05, 4.69) is 23.3 Å². The first-order valence-electron chi connectivity index (χ1n) is 7.46. The Morgan fingerprint density at radius 2 is 2.29 bits per heavy atom. The maximum Gasteiger partial charge on any atom is 0.239 e. The van der Waals surface area contributed by atoms with Crippen molar-refractivity contribution in [2.75, 3.05) is 13.6 Å². The van der Waals surface area contributed by atoms with E-state index in [1.807, 2.05) is 25.2 Å². The number of nitrogens with zero attached hydrogens (tertiary/aromatic N) is 2. The van der Waals surface area contributed by atoms with Crippen LogP contribution in [0.25, 0.3) is 10.2 Å². The zero-order valence-electron chi connectivity index (χ0n) is 12.5. The van der Waals surface area contributed by atoms with E-state index in [1.165, 1.54) is 4.70 Å². The van der Waals surface area contributed by atoms with Gasteiger partial charge in [-0.25, -0.2) is 4.98 Å². The molecule has 3 rings (SSSR count). The van der Waals surface area contributed by atoms with E-state index in [-0.39, 0.29) is 11.9 Å². The molecule has 0 radical (unpaired) electrons. The Balaban J connectivity index is 1.67. The number of hydrogen-bond donors (Lipinski definition) is 1. The van der Waals surface area contributed by atoms with Gasteiger partial charge in [0.05, 0.1) is 22.8 Å². The van der Waals surface area contributed by atoms with Gasteiger partial charge in [0, 0.05) is 7.05 Å². The summed E-state index contributed by atoms with van der Waals surface area (Å²) in [6.45, 7) is 3.74. The summed E-state index contributed by atoms with van der Waals surface area (Å²) in [5.41, 5.74) is 1.02. The fourth-order valence-corrected chi connectivity index (χ4v) is 3.85. The van der Waals surface area contributed by atoms with Gasteiger partial charge in [-0.3, -0.25) is 4.79 Å². The van der Waals surface area contributed by atoms with Gasteiger partial charge in [0.1, 0.15) is 5.01 Å². The lowest BCUT2D eigenvalue weighted by Crippen LogP contribution is -2.48. The standard InChI is InChI=1S/C16H21N3OS/c1-11-7-8-17-13(9-11)16(20)19(2)10-15-18-12-5-3-4-6-14(12)21-15/h3-6,11,13,17H,7-10H2,1-2H3. The maximum absolute atomic E-state index is 12.5. The van der Waals surface area contributed by atoms with Gasteiger partial charge in [0.25, 0.3) is 0 Å². The topological polar surface area (TPSA) is 45.2 Å². The van der Waals surface area contributed by atoms with Crippen molar-refractivity contribution in [1.29, 1.82) is 0 Å². The van der Waals surface area contributed by atoms with Crippen LogP contribution in [-0.4, -0.2) is 35.4 Å². The summed E-state index contributed by atoms with van der Waals surface area (Å²) in [5, 5.41) is 4.33. The molecule has 112 valence electrons. The number of carbonyl (C=O) groups excluding carboxylic acids is 1. The highest BCUT2D eigenvalue weighted by molar-refractivity contribution is 7.18. The lowest BCUT2D eigenvalue weighted by atomic mass is 9.93. The average molecular weight is 303 g/mol. The Morgan fingerprint density at radius 1 is 1.48 bits per heavy atom. The molecule has 2 heterocycles. The van der Waals surface area contributed by atoms with Gasteiger partial charge in [-0.1, -0.05) is 19.1 Å². The molecule has 4 nitrogen and oxygen atoms in total. The summed E-state index contributed by atoms with van der Waals surface area (Å²) in [7, 11) is 1.87. The molecule has 0 aliphatic carbocycles. The number of amides is 1. The summed E-state index contributed by atoms with van der Waals surface area (Å²) < 4.78 is 1.18. The van der Waals surface area contributed by atoms with Crippen LogP contribution in [-0.2, 0) is 11.3 Å². The zero-order chi connectivity index (χ0) is 14.8. The number of benzene rings is 1. The third-order valence-electron chi connectivity index (χ3n) is 4.05. The highest BCUT2D eigenvalue weighted by atomic mass is 32.1. The van der Waals surface area contributed by atoms with Crippen LogP contribution >= 0.6 is 11.3 Å². The van der Waals surface area contributed by atoms with E-state index in [0.29, 0.717) is 12.5 Å². The van der Waals surface area contributed by atoms with Crippen molar-refractivity contribution in [3.63, 3.8) is 0 Å². The number of likely N-dealkylation sites (N-methyl/N-ethyl adjacent to an activating group) is 1. The molecule has 2 unspecified atom stereocenters. The SMILES string of the molecule is CC1CCNC(C(=O)N(C)Cc2nc3ccccc3s2)C1. The molecule has 1 aliphatic rings. The maximum atomic E-state index is 12.5. The number of thiazole rings is 1. The van der Waals surface area contributed by atoms with Crippen molar-refractivity contribution >= 4 is 27.5 Å². The summed E-state index contributed by atoms with van der Waals surface area (Å²) >= 11 is 1.66. The van der Waals surface area contributed by atoms with Crippen molar-refractivity contribution in [1.82, 2.24) is 15.2 Å². The second-order valence-corrected chi connectivity index (χ2v) is 7.02. The fourth-order valence-electron chi connectivity index (χ4n) is 2.83. The van der Waals surface area contributed by atoms with Crippen molar-refractivity contribution in [2.45, 2.75) is 32.4 Å². The van der Waals surface area contributed by atoms with Crippen LogP contribution in [0.15, 0.2) is 24.3 Å². The Morgan fingerprint density at radius 3 is 3.05 bits per heavy atom. The van der Waals surface area contributed by atoms with Gasteiger partial charge in [-0.15, -0.1) is 11.3 Å². The molecule has 0 bridgehead atoms. The quantitative estimate of drug-likeness (QED) is 0.948. The molecule has 1 N–H and O–H groups in total. The summed E-state index contributed by atoms with van der Waals surface area (Å²) in [6.07, 6.45) is 2.09. The Bertz CT molecular complexity index is 606. The van der Waals surface area contributed by atoms with Crippen molar-refractivity contribution in [2.24, 2.45) is 5.92 Å². The van der Waals surface area contributed by atoms with Crippen LogP contribution in [0.3, 0.4) is 0 Å². The van der Waals surface area contributed by atoms with Crippen LogP contribution in [0.2, 0.25) is 0 Å². The molecule has 0 saturated carbocycles. The lowest BCUT2D eigenvalue weighted by molar-refractivity contribution is -0.133. The van der Waals surface area contributed by atoms with Crippen LogP contribution in [0.1, 0.15) is 24.8 Å². The van der Waals surface area contributed by atoms with E-state index in [1.54, 1.807) is 16.2 Å². The third kappa shape index (κ3) is 3.24. The minimum absolute atomic E-state index is 0.0341. The van der Waals surface area contributed by atoms with Gasteiger partial charge in [0.15, 0.2) is 0 Å². The first-order valence-corrected chi connectivity index (χ1v) is 8.28. The molecular weight excluding hydrogens is 282 g/mol. The van der Waals surface area contributed by atoms with Crippen molar-refractivity contribution in [3.8, 4) is 0 Å². The van der Waals surface area contributed by atoms with Crippen LogP contribution < -0.4 is 5.32 Å². The number of hydrogen-bond acceptors (Lipinski definition) is 4. The largest absolute Gasteiger partial charge is 0.338 e. The molecule has 2 aromatic rings. The first kappa shape index (κ1) is 14.5. The second kappa shape index (κ2) is 6.12. The highest BCUT2D eigenvalue weighted by Gasteiger charge is 2.27. The van der Waals surface area contributed by atoms with E-state index < -0.39 is 0 Å². The molecule has 1 aliphatic heterocycles. The van der Waals surface area contributed by atoms with E-state index in [4.69, 9.17) is 0 Å². The van der Waals surface area contributed by atoms with Crippen molar-refractivity contribution < 1.29 is 4.79 Å². The molecular formula is C16H21N3OS. The predicted octanol–water partition coefficient (Wildman–Crippen LogP) is 2.64. The molecule has 1 fully saturated rings. The minimum atomic E-state index is -0.0341. The molecule has 0 spiro atoms. The number of carbonyl (C=O) groups is 1. The van der Waals surface area contributed by atoms with Gasteiger partial charge in [-0.05, 0) is 37.4 Å². The number of fused-ring (bicyclic) bond motifs is 1. The predicted molar refractivity (Wildman–Crippen MR) is 86.3 cm³/mol. The fraction of sp³-hybridized carbons (Fsp3) is 0.500. The number of rotatable bonds is 3. The average Bonchev–Trinajstić information content (AvgIpc) is 2.88. The molecule has 2 atom stereocenters. The number of para-hydroxylation sites is 1. The number of nitrogens with one attached hydrogen (secondary N) is 1. The molecule has 1 amide bonds. The first-order chi connectivity index (χ1) is 10.1. The lowest BCUT2D eigenvalue weighted by Gasteiger charge is -2.30. The summed E-state index contributed by atoms with van der Waals surface area (Å²) in [5.74, 6) is 0.803. The molecule has 5 heteroatoms. The van der Waals surface area contributed by atoms with Gasteiger partial charge < -0.3 is 10.2 Å². The molecule has 1 saturated heterocycles. The molecule has 1 aromatic heterocycles. The van der Waals surface area contributed by atoms with E-state index in [9.17, 15) is 4.79 Å². The van der Waals surface area contributed by atoms with Gasteiger partial charge >= 0.3 is 0 Å². The number of piperidine rings is 1.